The van der Waals surface area contributed by atoms with E-state index >= 15 is 0 Å². The van der Waals surface area contributed by atoms with Crippen molar-refractivity contribution in [2.75, 3.05) is 26.3 Å². The lowest BCUT2D eigenvalue weighted by Gasteiger charge is -2.31. The van der Waals surface area contributed by atoms with Crippen molar-refractivity contribution in [2.24, 2.45) is 7.05 Å². The van der Waals surface area contributed by atoms with Crippen LogP contribution in [0, 0.1) is 0 Å². The number of piperidine rings is 1. The second kappa shape index (κ2) is 6.00. The van der Waals surface area contributed by atoms with Gasteiger partial charge in [-0.25, -0.2) is 0 Å². The Balaban J connectivity index is 1.94. The van der Waals surface area contributed by atoms with E-state index < -0.39 is 0 Å². The monoisotopic (exact) mass is 251 g/mol. The molecular weight excluding hydrogens is 230 g/mol. The van der Waals surface area contributed by atoms with Crippen molar-refractivity contribution in [1.82, 2.24) is 14.7 Å². The zero-order valence-electron chi connectivity index (χ0n) is 11.1. The minimum atomic E-state index is 0.0949. The summed E-state index contributed by atoms with van der Waals surface area (Å²) in [5.74, 6) is 0.461. The molecule has 0 aromatic carbocycles. The molecule has 1 aliphatic heterocycles. The average molecular weight is 251 g/mol. The lowest BCUT2D eigenvalue weighted by atomic mass is 9.95. The molecule has 1 aromatic heterocycles. The van der Waals surface area contributed by atoms with E-state index in [1.807, 2.05) is 35.8 Å². The molecule has 1 saturated heterocycles. The van der Waals surface area contributed by atoms with Crippen LogP contribution in [0.1, 0.15) is 31.4 Å². The van der Waals surface area contributed by atoms with Gasteiger partial charge in [0.15, 0.2) is 0 Å². The van der Waals surface area contributed by atoms with Gasteiger partial charge in [-0.3, -0.25) is 9.48 Å². The lowest BCUT2D eigenvalue weighted by Crippen LogP contribution is -2.41. The minimum Gasteiger partial charge on any atom is -0.372 e. The fraction of sp³-hybridized carbons (Fsp3) is 0.692. The maximum Gasteiger partial charge on any atom is 0.248 e. The van der Waals surface area contributed by atoms with E-state index in [2.05, 4.69) is 5.10 Å². The summed E-state index contributed by atoms with van der Waals surface area (Å²) in [7, 11) is 1.92. The average Bonchev–Trinajstić information content (AvgIpc) is 2.83. The zero-order chi connectivity index (χ0) is 13.0. The van der Waals surface area contributed by atoms with Gasteiger partial charge in [-0.05, 0) is 25.8 Å². The molecule has 1 fully saturated rings. The summed E-state index contributed by atoms with van der Waals surface area (Å²) in [6, 6.07) is 2.04. The molecular formula is C13H21N3O2. The van der Waals surface area contributed by atoms with E-state index in [1.165, 1.54) is 0 Å². The van der Waals surface area contributed by atoms with E-state index in [9.17, 15) is 4.79 Å². The number of aryl methyl sites for hydroxylation is 1. The summed E-state index contributed by atoms with van der Waals surface area (Å²) < 4.78 is 7.00. The van der Waals surface area contributed by atoms with E-state index in [4.69, 9.17) is 4.74 Å². The number of hydrogen-bond donors (Lipinski definition) is 0. The van der Waals surface area contributed by atoms with Crippen molar-refractivity contribution in [3.8, 4) is 0 Å². The number of rotatable bonds is 4. The van der Waals surface area contributed by atoms with Crippen LogP contribution in [-0.4, -0.2) is 46.9 Å². The molecule has 2 rings (SSSR count). The largest absolute Gasteiger partial charge is 0.372 e. The van der Waals surface area contributed by atoms with E-state index in [0.717, 1.165) is 31.6 Å². The van der Waals surface area contributed by atoms with Gasteiger partial charge in [0.25, 0.3) is 0 Å². The van der Waals surface area contributed by atoms with E-state index in [-0.39, 0.29) is 12.5 Å². The molecule has 0 radical (unpaired) electrons. The van der Waals surface area contributed by atoms with E-state index in [0.29, 0.717) is 12.5 Å². The molecule has 1 aromatic rings. The van der Waals surface area contributed by atoms with Gasteiger partial charge in [-0.1, -0.05) is 0 Å². The minimum absolute atomic E-state index is 0.0949. The molecule has 0 unspecified atom stereocenters. The number of carbonyl (C=O) groups excluding carboxylic acids is 1. The number of aromatic nitrogens is 2. The van der Waals surface area contributed by atoms with Crippen LogP contribution in [0.3, 0.4) is 0 Å². The van der Waals surface area contributed by atoms with Crippen LogP contribution in [0.4, 0.5) is 0 Å². The number of nitrogens with zero attached hydrogens (tertiary/aromatic N) is 3. The van der Waals surface area contributed by atoms with Gasteiger partial charge in [0.05, 0.1) is 5.69 Å². The number of likely N-dealkylation sites (tertiary alicyclic amines) is 1. The molecule has 0 aliphatic carbocycles. The standard InChI is InChI=1S/C13H21N3O2/c1-3-18-10-13(17)16-7-4-5-11(9-16)12-6-8-15(2)14-12/h6,8,11H,3-5,7,9-10H2,1-2H3/t11-/m1/s1. The summed E-state index contributed by atoms with van der Waals surface area (Å²) >= 11 is 0. The van der Waals surface area contributed by atoms with Crippen LogP contribution in [0.2, 0.25) is 0 Å². The third-order valence-electron chi connectivity index (χ3n) is 3.36. The molecule has 0 bridgehead atoms. The van der Waals surface area contributed by atoms with Crippen LogP contribution in [-0.2, 0) is 16.6 Å². The quantitative estimate of drug-likeness (QED) is 0.807. The second-order valence-electron chi connectivity index (χ2n) is 4.73. The molecule has 1 atom stereocenters. The Morgan fingerprint density at radius 2 is 2.44 bits per heavy atom. The predicted octanol–water partition coefficient (Wildman–Crippen LogP) is 1.16. The predicted molar refractivity (Wildman–Crippen MR) is 68.3 cm³/mol. The van der Waals surface area contributed by atoms with Crippen molar-refractivity contribution in [3.05, 3.63) is 18.0 Å². The third kappa shape index (κ3) is 3.10. The van der Waals surface area contributed by atoms with Gasteiger partial charge >= 0.3 is 0 Å². The summed E-state index contributed by atoms with van der Waals surface area (Å²) in [6.07, 6.45) is 4.10. The highest BCUT2D eigenvalue weighted by molar-refractivity contribution is 5.77. The molecule has 0 spiro atoms. The highest BCUT2D eigenvalue weighted by atomic mass is 16.5. The SMILES string of the molecule is CCOCC(=O)N1CCC[C@@H](c2ccn(C)n2)C1. The fourth-order valence-electron chi connectivity index (χ4n) is 2.38. The molecule has 100 valence electrons. The molecule has 0 N–H and O–H groups in total. The number of amides is 1. The highest BCUT2D eigenvalue weighted by Gasteiger charge is 2.25. The second-order valence-corrected chi connectivity index (χ2v) is 4.73. The van der Waals surface area contributed by atoms with Crippen LogP contribution >= 0.6 is 0 Å². The highest BCUT2D eigenvalue weighted by Crippen LogP contribution is 2.25. The van der Waals surface area contributed by atoms with Crippen LogP contribution in [0.25, 0.3) is 0 Å². The van der Waals surface area contributed by atoms with Crippen molar-refractivity contribution in [2.45, 2.75) is 25.7 Å². The van der Waals surface area contributed by atoms with Crippen molar-refractivity contribution < 1.29 is 9.53 Å². The molecule has 5 nitrogen and oxygen atoms in total. The molecule has 1 amide bonds. The first-order chi connectivity index (χ1) is 8.70. The summed E-state index contributed by atoms with van der Waals surface area (Å²) in [4.78, 5) is 13.8. The molecule has 2 heterocycles. The van der Waals surface area contributed by atoms with Crippen LogP contribution in [0.15, 0.2) is 12.3 Å². The van der Waals surface area contributed by atoms with Crippen molar-refractivity contribution in [1.29, 1.82) is 0 Å². The Kier molecular flexibility index (Phi) is 4.36. The first-order valence-corrected chi connectivity index (χ1v) is 6.55. The zero-order valence-corrected chi connectivity index (χ0v) is 11.1. The number of ether oxygens (including phenoxy) is 1. The Labute approximate surface area is 108 Å². The topological polar surface area (TPSA) is 47.4 Å². The Hall–Kier alpha value is -1.36. The summed E-state index contributed by atoms with van der Waals surface area (Å²) in [5.41, 5.74) is 1.09. The maximum atomic E-state index is 11.9. The van der Waals surface area contributed by atoms with Crippen LogP contribution in [0.5, 0.6) is 0 Å². The Morgan fingerprint density at radius 3 is 3.11 bits per heavy atom. The molecule has 5 heteroatoms. The molecule has 0 saturated carbocycles. The van der Waals surface area contributed by atoms with Gasteiger partial charge in [-0.2, -0.15) is 5.10 Å². The first kappa shape index (κ1) is 13.1. The molecule has 1 aliphatic rings. The summed E-state index contributed by atoms with van der Waals surface area (Å²) in [5, 5.41) is 4.44. The van der Waals surface area contributed by atoms with Crippen LogP contribution < -0.4 is 0 Å². The van der Waals surface area contributed by atoms with Crippen molar-refractivity contribution in [3.63, 3.8) is 0 Å². The van der Waals surface area contributed by atoms with E-state index in [1.54, 1.807) is 0 Å². The molecule has 18 heavy (non-hydrogen) atoms. The maximum absolute atomic E-state index is 11.9. The van der Waals surface area contributed by atoms with Gasteiger partial charge in [0.1, 0.15) is 6.61 Å². The van der Waals surface area contributed by atoms with Gasteiger partial charge < -0.3 is 9.64 Å². The number of carbonyl (C=O) groups is 1. The first-order valence-electron chi connectivity index (χ1n) is 6.55. The third-order valence-corrected chi connectivity index (χ3v) is 3.36. The van der Waals surface area contributed by atoms with Gasteiger partial charge in [-0.15, -0.1) is 0 Å². The Bertz CT molecular complexity index is 403. The van der Waals surface area contributed by atoms with Crippen molar-refractivity contribution >= 4 is 5.91 Å². The summed E-state index contributed by atoms with van der Waals surface area (Å²) in [6.45, 7) is 4.30. The van der Waals surface area contributed by atoms with Gasteiger partial charge in [0, 0.05) is 38.9 Å². The fourth-order valence-corrected chi connectivity index (χ4v) is 2.38. The normalized spacial score (nSPS) is 20.1. The van der Waals surface area contributed by atoms with Gasteiger partial charge in [0.2, 0.25) is 5.91 Å². The number of hydrogen-bond acceptors (Lipinski definition) is 3. The smallest absolute Gasteiger partial charge is 0.248 e. The Morgan fingerprint density at radius 1 is 1.61 bits per heavy atom. The lowest BCUT2D eigenvalue weighted by molar-refractivity contribution is -0.137.